The quantitative estimate of drug-likeness (QED) is 0.926. The molecule has 0 aliphatic carbocycles. The highest BCUT2D eigenvalue weighted by Crippen LogP contribution is 2.32. The standard InChI is InChI=1S/C18H20N2O4/c21-11-14-7-16(19-24-14)13-9-20(10-13)18(22)8-17-15-4-2-1-3-12(15)5-6-23-17/h1-4,7,13,17,21H,5-6,8-11H2. The van der Waals surface area contributed by atoms with Gasteiger partial charge >= 0.3 is 0 Å². The number of aromatic nitrogens is 1. The highest BCUT2D eigenvalue weighted by atomic mass is 16.5. The fourth-order valence-corrected chi connectivity index (χ4v) is 3.40. The molecule has 24 heavy (non-hydrogen) atoms. The third kappa shape index (κ3) is 2.83. The Morgan fingerprint density at radius 1 is 1.33 bits per heavy atom. The van der Waals surface area contributed by atoms with E-state index in [1.807, 2.05) is 17.0 Å². The molecule has 4 rings (SSSR count). The number of carbonyl (C=O) groups excluding carboxylic acids is 1. The molecule has 2 aliphatic rings. The number of hydrogen-bond acceptors (Lipinski definition) is 5. The van der Waals surface area contributed by atoms with Crippen LogP contribution >= 0.6 is 0 Å². The number of aliphatic hydroxyl groups is 1. The fraction of sp³-hybridized carbons (Fsp3) is 0.444. The Labute approximate surface area is 140 Å². The molecule has 3 heterocycles. The van der Waals surface area contributed by atoms with E-state index in [4.69, 9.17) is 14.4 Å². The van der Waals surface area contributed by atoms with Crippen LogP contribution in [0.25, 0.3) is 0 Å². The molecule has 6 nitrogen and oxygen atoms in total. The Bertz CT molecular complexity index is 736. The SMILES string of the molecule is O=C(CC1OCCc2ccccc21)N1CC(c2cc(CO)on2)C1. The van der Waals surface area contributed by atoms with Crippen LogP contribution < -0.4 is 0 Å². The Hall–Kier alpha value is -2.18. The lowest BCUT2D eigenvalue weighted by Gasteiger charge is -2.39. The number of hydrogen-bond donors (Lipinski definition) is 1. The number of fused-ring (bicyclic) bond motifs is 1. The van der Waals surface area contributed by atoms with E-state index in [-0.39, 0.29) is 24.5 Å². The molecule has 1 fully saturated rings. The first kappa shape index (κ1) is 15.4. The van der Waals surface area contributed by atoms with Crippen LogP contribution in [0.4, 0.5) is 0 Å². The van der Waals surface area contributed by atoms with Crippen molar-refractivity contribution in [2.75, 3.05) is 19.7 Å². The lowest BCUT2D eigenvalue weighted by molar-refractivity contribution is -0.139. The van der Waals surface area contributed by atoms with Crippen molar-refractivity contribution in [2.45, 2.75) is 31.5 Å². The van der Waals surface area contributed by atoms with Gasteiger partial charge in [0.05, 0.1) is 24.8 Å². The first-order chi connectivity index (χ1) is 11.7. The number of carbonyl (C=O) groups is 1. The third-order valence-electron chi connectivity index (χ3n) is 4.84. The molecule has 1 aromatic heterocycles. The number of aliphatic hydroxyl groups excluding tert-OH is 1. The Kier molecular flexibility index (Phi) is 4.08. The average molecular weight is 328 g/mol. The van der Waals surface area contributed by atoms with Crippen LogP contribution in [0.15, 0.2) is 34.9 Å². The summed E-state index contributed by atoms with van der Waals surface area (Å²) < 4.78 is 10.8. The van der Waals surface area contributed by atoms with Gasteiger partial charge < -0.3 is 19.3 Å². The number of rotatable bonds is 4. The molecule has 1 aromatic carbocycles. The van der Waals surface area contributed by atoms with Crippen molar-refractivity contribution >= 4 is 5.91 Å². The maximum Gasteiger partial charge on any atom is 0.225 e. The Morgan fingerprint density at radius 2 is 2.17 bits per heavy atom. The van der Waals surface area contributed by atoms with E-state index in [1.165, 1.54) is 5.56 Å². The van der Waals surface area contributed by atoms with Gasteiger partial charge in [-0.05, 0) is 17.5 Å². The minimum absolute atomic E-state index is 0.110. The van der Waals surface area contributed by atoms with Crippen LogP contribution in [-0.2, 0) is 22.6 Å². The van der Waals surface area contributed by atoms with Crippen molar-refractivity contribution in [1.29, 1.82) is 0 Å². The van der Waals surface area contributed by atoms with E-state index < -0.39 is 0 Å². The predicted molar refractivity (Wildman–Crippen MR) is 85.2 cm³/mol. The highest BCUT2D eigenvalue weighted by Gasteiger charge is 2.35. The summed E-state index contributed by atoms with van der Waals surface area (Å²) in [5, 5.41) is 13.0. The van der Waals surface area contributed by atoms with E-state index in [0.717, 1.165) is 17.7 Å². The number of ether oxygens (including phenoxy) is 1. The molecule has 1 amide bonds. The zero-order valence-corrected chi connectivity index (χ0v) is 13.4. The molecule has 0 bridgehead atoms. The lowest BCUT2D eigenvalue weighted by Crippen LogP contribution is -2.49. The van der Waals surface area contributed by atoms with Crippen LogP contribution in [0.5, 0.6) is 0 Å². The number of benzene rings is 1. The molecule has 1 saturated heterocycles. The zero-order chi connectivity index (χ0) is 16.5. The van der Waals surface area contributed by atoms with Crippen molar-refractivity contribution in [3.8, 4) is 0 Å². The molecule has 2 aliphatic heterocycles. The maximum absolute atomic E-state index is 12.5. The Balaban J connectivity index is 1.35. The minimum Gasteiger partial charge on any atom is -0.388 e. The van der Waals surface area contributed by atoms with Gasteiger partial charge in [0.15, 0.2) is 5.76 Å². The van der Waals surface area contributed by atoms with E-state index >= 15 is 0 Å². The number of nitrogens with zero attached hydrogens (tertiary/aromatic N) is 2. The maximum atomic E-state index is 12.5. The molecule has 0 radical (unpaired) electrons. The monoisotopic (exact) mass is 328 g/mol. The highest BCUT2D eigenvalue weighted by molar-refractivity contribution is 5.78. The summed E-state index contributed by atoms with van der Waals surface area (Å²) in [6.07, 6.45) is 1.14. The molecule has 6 heteroatoms. The van der Waals surface area contributed by atoms with Crippen molar-refractivity contribution in [3.05, 3.63) is 52.9 Å². The fourth-order valence-electron chi connectivity index (χ4n) is 3.40. The summed E-state index contributed by atoms with van der Waals surface area (Å²) in [6, 6.07) is 9.94. The van der Waals surface area contributed by atoms with Gasteiger partial charge in [0.25, 0.3) is 0 Å². The van der Waals surface area contributed by atoms with Crippen LogP contribution in [0.3, 0.4) is 0 Å². The van der Waals surface area contributed by atoms with Crippen LogP contribution in [0.2, 0.25) is 0 Å². The van der Waals surface area contributed by atoms with Gasteiger partial charge in [-0.25, -0.2) is 0 Å². The van der Waals surface area contributed by atoms with Crippen molar-refractivity contribution in [1.82, 2.24) is 10.1 Å². The molecule has 126 valence electrons. The van der Waals surface area contributed by atoms with E-state index in [9.17, 15) is 4.79 Å². The van der Waals surface area contributed by atoms with Crippen molar-refractivity contribution in [2.24, 2.45) is 0 Å². The molecule has 1 atom stereocenters. The van der Waals surface area contributed by atoms with Crippen molar-refractivity contribution in [3.63, 3.8) is 0 Å². The van der Waals surface area contributed by atoms with Gasteiger partial charge in [-0.3, -0.25) is 4.79 Å². The van der Waals surface area contributed by atoms with Crippen molar-refractivity contribution < 1.29 is 19.2 Å². The van der Waals surface area contributed by atoms with Gasteiger partial charge in [0, 0.05) is 25.1 Å². The smallest absolute Gasteiger partial charge is 0.225 e. The summed E-state index contributed by atoms with van der Waals surface area (Å²) in [7, 11) is 0. The normalized spacial score (nSPS) is 20.5. The molecular weight excluding hydrogens is 308 g/mol. The summed E-state index contributed by atoms with van der Waals surface area (Å²) in [5.74, 6) is 0.762. The lowest BCUT2D eigenvalue weighted by atomic mass is 9.93. The molecule has 0 saturated carbocycles. The molecule has 1 unspecified atom stereocenters. The molecule has 0 spiro atoms. The van der Waals surface area contributed by atoms with E-state index in [1.54, 1.807) is 6.07 Å². The first-order valence-electron chi connectivity index (χ1n) is 8.28. The molecular formula is C18H20N2O4. The second kappa shape index (κ2) is 6.37. The molecule has 1 N–H and O–H groups in total. The van der Waals surface area contributed by atoms with Crippen LogP contribution in [0, 0.1) is 0 Å². The zero-order valence-electron chi connectivity index (χ0n) is 13.4. The molecule has 2 aromatic rings. The van der Waals surface area contributed by atoms with Gasteiger partial charge in [0.2, 0.25) is 5.91 Å². The van der Waals surface area contributed by atoms with Crippen LogP contribution in [-0.4, -0.2) is 40.8 Å². The Morgan fingerprint density at radius 3 is 2.96 bits per heavy atom. The van der Waals surface area contributed by atoms with E-state index in [0.29, 0.717) is 31.9 Å². The third-order valence-corrected chi connectivity index (χ3v) is 4.84. The second-order valence-corrected chi connectivity index (χ2v) is 6.38. The van der Waals surface area contributed by atoms with Gasteiger partial charge in [0.1, 0.15) is 6.61 Å². The summed E-state index contributed by atoms with van der Waals surface area (Å²) >= 11 is 0. The second-order valence-electron chi connectivity index (χ2n) is 6.38. The van der Waals surface area contributed by atoms with Gasteiger partial charge in [-0.15, -0.1) is 0 Å². The largest absolute Gasteiger partial charge is 0.388 e. The van der Waals surface area contributed by atoms with Gasteiger partial charge in [-0.2, -0.15) is 0 Å². The number of likely N-dealkylation sites (tertiary alicyclic amines) is 1. The summed E-state index contributed by atoms with van der Waals surface area (Å²) in [5.41, 5.74) is 3.22. The van der Waals surface area contributed by atoms with Crippen LogP contribution in [0.1, 0.15) is 41.0 Å². The average Bonchev–Trinajstić information content (AvgIpc) is 3.02. The number of amides is 1. The van der Waals surface area contributed by atoms with E-state index in [2.05, 4.69) is 17.3 Å². The minimum atomic E-state index is -0.152. The van der Waals surface area contributed by atoms with Gasteiger partial charge in [-0.1, -0.05) is 29.4 Å². The predicted octanol–water partition coefficient (Wildman–Crippen LogP) is 1.80. The summed E-state index contributed by atoms with van der Waals surface area (Å²) in [6.45, 7) is 1.80. The first-order valence-corrected chi connectivity index (χ1v) is 8.28. The topological polar surface area (TPSA) is 75.8 Å². The summed E-state index contributed by atoms with van der Waals surface area (Å²) in [4.78, 5) is 14.3.